The molecule has 172 valence electrons. The van der Waals surface area contributed by atoms with Gasteiger partial charge in [0.25, 0.3) is 0 Å². The Bertz CT molecular complexity index is 1340. The van der Waals surface area contributed by atoms with Gasteiger partial charge in [0.15, 0.2) is 0 Å². The number of fused-ring (bicyclic) bond motifs is 2. The molecule has 7 heteroatoms. The highest BCUT2D eigenvalue weighted by atomic mass is 32.2. The highest BCUT2D eigenvalue weighted by Crippen LogP contribution is 2.25. The van der Waals surface area contributed by atoms with Crippen molar-refractivity contribution in [3.05, 3.63) is 72.9 Å². The van der Waals surface area contributed by atoms with Crippen LogP contribution in [0, 0.1) is 5.92 Å². The van der Waals surface area contributed by atoms with Crippen LogP contribution in [-0.2, 0) is 10.0 Å². The van der Waals surface area contributed by atoms with Crippen molar-refractivity contribution in [3.63, 3.8) is 0 Å². The molecule has 5 rings (SSSR count). The van der Waals surface area contributed by atoms with Crippen molar-refractivity contribution in [1.29, 1.82) is 0 Å². The molecule has 1 aliphatic rings. The van der Waals surface area contributed by atoms with Gasteiger partial charge in [0.1, 0.15) is 12.4 Å². The number of likely N-dealkylation sites (tertiary alicyclic amines) is 1. The Morgan fingerprint density at radius 3 is 2.61 bits per heavy atom. The van der Waals surface area contributed by atoms with E-state index in [1.807, 2.05) is 60.8 Å². The average molecular weight is 464 g/mol. The molecule has 4 aromatic rings. The first-order chi connectivity index (χ1) is 16.1. The lowest BCUT2D eigenvalue weighted by Crippen LogP contribution is -2.40. The van der Waals surface area contributed by atoms with E-state index in [2.05, 4.69) is 14.6 Å². The number of aromatic nitrogens is 1. The molecule has 2 heterocycles. The molecule has 0 radical (unpaired) electrons. The van der Waals surface area contributed by atoms with E-state index in [0.717, 1.165) is 59.9 Å². The van der Waals surface area contributed by atoms with Gasteiger partial charge in [0, 0.05) is 35.6 Å². The maximum Gasteiger partial charge on any atom is 0.241 e. The van der Waals surface area contributed by atoms with Gasteiger partial charge in [-0.15, -0.1) is 0 Å². The predicted molar refractivity (Wildman–Crippen MR) is 132 cm³/mol. The summed E-state index contributed by atoms with van der Waals surface area (Å²) in [6, 6.07) is 21.1. The van der Waals surface area contributed by atoms with Crippen molar-refractivity contribution in [3.8, 4) is 5.75 Å². The molecule has 3 aromatic carbocycles. The monoisotopic (exact) mass is 463 g/mol. The number of piperidine rings is 1. The van der Waals surface area contributed by atoms with Crippen molar-refractivity contribution < 1.29 is 13.2 Å². The summed E-state index contributed by atoms with van der Waals surface area (Å²) in [4.78, 5) is 5.96. The maximum atomic E-state index is 13.0. The van der Waals surface area contributed by atoms with E-state index < -0.39 is 10.0 Å². The fourth-order valence-electron chi connectivity index (χ4n) is 4.62. The molecule has 2 N–H and O–H groups in total. The van der Waals surface area contributed by atoms with Crippen molar-refractivity contribution in [2.24, 2.45) is 5.92 Å². The molecule has 6 nitrogen and oxygen atoms in total. The minimum atomic E-state index is -3.54. The molecule has 1 aromatic heterocycles. The van der Waals surface area contributed by atoms with Crippen LogP contribution in [0.4, 0.5) is 0 Å². The fraction of sp³-hybridized carbons (Fsp3) is 0.308. The van der Waals surface area contributed by atoms with Gasteiger partial charge >= 0.3 is 0 Å². The van der Waals surface area contributed by atoms with E-state index in [4.69, 9.17) is 4.74 Å². The lowest BCUT2D eigenvalue weighted by molar-refractivity contribution is 0.156. The van der Waals surface area contributed by atoms with E-state index in [1.54, 1.807) is 12.1 Å². The predicted octanol–water partition coefficient (Wildman–Crippen LogP) is 4.39. The number of hydrogen-bond donors (Lipinski definition) is 2. The van der Waals surface area contributed by atoms with Crippen LogP contribution in [-0.4, -0.2) is 51.1 Å². The molecule has 1 aliphatic heterocycles. The smallest absolute Gasteiger partial charge is 0.241 e. The first-order valence-corrected chi connectivity index (χ1v) is 13.0. The Kier molecular flexibility index (Phi) is 6.35. The summed E-state index contributed by atoms with van der Waals surface area (Å²) >= 11 is 0. The van der Waals surface area contributed by atoms with Gasteiger partial charge in [-0.05, 0) is 61.5 Å². The van der Waals surface area contributed by atoms with Crippen LogP contribution >= 0.6 is 0 Å². The zero-order valence-electron chi connectivity index (χ0n) is 18.5. The van der Waals surface area contributed by atoms with Gasteiger partial charge in [-0.1, -0.05) is 42.5 Å². The molecule has 0 unspecified atom stereocenters. The number of sulfonamides is 1. The van der Waals surface area contributed by atoms with Gasteiger partial charge in [-0.3, -0.25) is 4.90 Å². The molecule has 0 atom stereocenters. The molecule has 0 spiro atoms. The second kappa shape index (κ2) is 9.55. The number of nitrogens with zero attached hydrogens (tertiary/aromatic N) is 1. The van der Waals surface area contributed by atoms with Crippen molar-refractivity contribution >= 4 is 31.7 Å². The lowest BCUT2D eigenvalue weighted by Gasteiger charge is -2.31. The largest absolute Gasteiger partial charge is 0.492 e. The van der Waals surface area contributed by atoms with E-state index in [1.165, 1.54) is 0 Å². The molecule has 0 saturated carbocycles. The van der Waals surface area contributed by atoms with Crippen LogP contribution < -0.4 is 9.46 Å². The minimum absolute atomic E-state index is 0.348. The van der Waals surface area contributed by atoms with Crippen LogP contribution in [0.25, 0.3) is 21.7 Å². The third-order valence-electron chi connectivity index (χ3n) is 6.53. The van der Waals surface area contributed by atoms with E-state index in [9.17, 15) is 8.42 Å². The Labute approximate surface area is 194 Å². The average Bonchev–Trinajstić information content (AvgIpc) is 3.33. The Balaban J connectivity index is 1.10. The highest BCUT2D eigenvalue weighted by Gasteiger charge is 2.23. The Morgan fingerprint density at radius 1 is 0.939 bits per heavy atom. The molecule has 0 bridgehead atoms. The Hall–Kier alpha value is -2.87. The standard InChI is InChI=1S/C26H29N3O3S/c30-33(31,26-10-3-6-21-5-1-2-7-22(21)26)28-19-20-12-15-29(16-13-20)17-18-32-25-9-4-8-24-23(25)11-14-27-24/h1-11,14,20,27-28H,12-13,15-19H2. The molecule has 1 fully saturated rings. The maximum absolute atomic E-state index is 13.0. The van der Waals surface area contributed by atoms with Gasteiger partial charge in [-0.25, -0.2) is 13.1 Å². The number of ether oxygens (including phenoxy) is 1. The lowest BCUT2D eigenvalue weighted by atomic mass is 9.97. The van der Waals surface area contributed by atoms with Crippen LogP contribution in [0.5, 0.6) is 5.75 Å². The second-order valence-electron chi connectivity index (χ2n) is 8.66. The van der Waals surface area contributed by atoms with Crippen molar-refractivity contribution in [2.45, 2.75) is 17.7 Å². The topological polar surface area (TPSA) is 74.4 Å². The summed E-state index contributed by atoms with van der Waals surface area (Å²) in [5.41, 5.74) is 1.08. The van der Waals surface area contributed by atoms with E-state index in [0.29, 0.717) is 24.0 Å². The molecule has 0 aliphatic carbocycles. The number of H-pyrrole nitrogens is 1. The van der Waals surface area contributed by atoms with Gasteiger partial charge < -0.3 is 9.72 Å². The number of rotatable bonds is 8. The molecule has 0 amide bonds. The fourth-order valence-corrected chi connectivity index (χ4v) is 5.96. The quantitative estimate of drug-likeness (QED) is 0.406. The minimum Gasteiger partial charge on any atom is -0.492 e. The number of aromatic amines is 1. The first kappa shape index (κ1) is 21.9. The normalized spacial score (nSPS) is 15.9. The van der Waals surface area contributed by atoms with Crippen LogP contribution in [0.15, 0.2) is 77.8 Å². The molecular weight excluding hydrogens is 434 g/mol. The summed E-state index contributed by atoms with van der Waals surface area (Å²) in [7, 11) is -3.54. The number of benzene rings is 3. The summed E-state index contributed by atoms with van der Waals surface area (Å²) < 4.78 is 34.8. The molecular formula is C26H29N3O3S. The molecule has 33 heavy (non-hydrogen) atoms. The summed E-state index contributed by atoms with van der Waals surface area (Å²) in [6.07, 6.45) is 3.88. The third kappa shape index (κ3) is 4.90. The third-order valence-corrected chi connectivity index (χ3v) is 8.01. The molecule has 1 saturated heterocycles. The highest BCUT2D eigenvalue weighted by molar-refractivity contribution is 7.89. The van der Waals surface area contributed by atoms with Gasteiger partial charge in [0.2, 0.25) is 10.0 Å². The number of nitrogens with one attached hydrogen (secondary N) is 2. The first-order valence-electron chi connectivity index (χ1n) is 11.5. The Morgan fingerprint density at radius 2 is 1.73 bits per heavy atom. The van der Waals surface area contributed by atoms with Gasteiger partial charge in [-0.2, -0.15) is 0 Å². The van der Waals surface area contributed by atoms with Crippen LogP contribution in [0.1, 0.15) is 12.8 Å². The zero-order valence-corrected chi connectivity index (χ0v) is 19.4. The number of hydrogen-bond acceptors (Lipinski definition) is 4. The van der Waals surface area contributed by atoms with Crippen LogP contribution in [0.3, 0.4) is 0 Å². The van der Waals surface area contributed by atoms with E-state index >= 15 is 0 Å². The van der Waals surface area contributed by atoms with Crippen molar-refractivity contribution in [1.82, 2.24) is 14.6 Å². The summed E-state index contributed by atoms with van der Waals surface area (Å²) in [5, 5.41) is 2.80. The van der Waals surface area contributed by atoms with Crippen molar-refractivity contribution in [2.75, 3.05) is 32.8 Å². The van der Waals surface area contributed by atoms with E-state index in [-0.39, 0.29) is 0 Å². The van der Waals surface area contributed by atoms with Gasteiger partial charge in [0.05, 0.1) is 4.90 Å². The second-order valence-corrected chi connectivity index (χ2v) is 10.4. The van der Waals surface area contributed by atoms with Crippen LogP contribution in [0.2, 0.25) is 0 Å². The summed E-state index contributed by atoms with van der Waals surface area (Å²) in [5.74, 6) is 1.26. The zero-order chi connectivity index (χ0) is 22.7. The summed E-state index contributed by atoms with van der Waals surface area (Å²) in [6.45, 7) is 3.90. The SMILES string of the molecule is O=S(=O)(NCC1CCN(CCOc2cccc3[nH]ccc23)CC1)c1cccc2ccccc12.